The van der Waals surface area contributed by atoms with Crippen LogP contribution in [0.15, 0.2) is 11.8 Å². The van der Waals surface area contributed by atoms with Gasteiger partial charge >= 0.3 is 41.5 Å². The molecule has 11 N–H and O–H groups in total. The number of carbonyl (C=O) groups is 2. The molecule has 2 saturated heterocycles. The maximum Gasteiger partial charge on any atom is 1.00 e. The van der Waals surface area contributed by atoms with E-state index >= 15 is 0 Å². The van der Waals surface area contributed by atoms with Crippen LogP contribution >= 0.6 is 0 Å². The van der Waals surface area contributed by atoms with Crippen LogP contribution in [0.1, 0.15) is 6.42 Å². The minimum atomic E-state index is -2.68. The second-order valence-corrected chi connectivity index (χ2v) is 9.17. The summed E-state index contributed by atoms with van der Waals surface area (Å²) in [5.41, 5.74) is 0. The zero-order chi connectivity index (χ0) is 29.9. The summed E-state index contributed by atoms with van der Waals surface area (Å²) >= 11 is 0. The summed E-state index contributed by atoms with van der Waals surface area (Å²) in [6.45, 7) is -2.92. The molecule has 19 nitrogen and oxygen atoms in total. The van der Waals surface area contributed by atoms with Crippen LogP contribution < -0.4 is 29.6 Å². The molecule has 6 unspecified atom stereocenters. The third-order valence-corrected chi connectivity index (χ3v) is 6.36. The average Bonchev–Trinajstić information content (AvgIpc) is 2.89. The summed E-state index contributed by atoms with van der Waals surface area (Å²) in [4.78, 5) is 22.4. The van der Waals surface area contributed by atoms with Crippen molar-refractivity contribution in [1.82, 2.24) is 0 Å². The minimum Gasteiger partial charge on any atom is -0.479 e. The fraction of sp³-hybridized carbons (Fsp3) is 0.810. The van der Waals surface area contributed by atoms with E-state index in [2.05, 4.69) is 0 Å². The number of aliphatic carboxylic acids is 2. The molecular weight excluding hydrogens is 579 g/mol. The molecule has 230 valence electrons. The minimum absolute atomic E-state index is 0. The molecule has 3 rings (SSSR count). The smallest absolute Gasteiger partial charge is 0.479 e. The Bertz CT molecular complexity index is 921. The van der Waals surface area contributed by atoms with Crippen LogP contribution in [0.25, 0.3) is 0 Å². The van der Waals surface area contributed by atoms with E-state index in [1.807, 2.05) is 0 Å². The summed E-state index contributed by atoms with van der Waals surface area (Å²) < 4.78 is 31.2. The molecule has 0 amide bonds. The van der Waals surface area contributed by atoms with Gasteiger partial charge in [0.25, 0.3) is 0 Å². The van der Waals surface area contributed by atoms with Crippen LogP contribution in [0.5, 0.6) is 0 Å². The van der Waals surface area contributed by atoms with Gasteiger partial charge < -0.3 is 84.6 Å². The second kappa shape index (κ2) is 15.1. The van der Waals surface area contributed by atoms with E-state index in [1.165, 1.54) is 0 Å². The molecule has 2 fully saturated rings. The fourth-order valence-corrected chi connectivity index (χ4v) is 4.21. The molecule has 13 atom stereocenters. The van der Waals surface area contributed by atoms with Crippen molar-refractivity contribution >= 4 is 11.9 Å². The molecule has 3 heterocycles. The molecule has 0 aliphatic carbocycles. The van der Waals surface area contributed by atoms with E-state index in [-0.39, 0.29) is 29.6 Å². The normalized spacial score (nSPS) is 41.9. The Morgan fingerprint density at radius 2 is 1.61 bits per heavy atom. The van der Waals surface area contributed by atoms with Gasteiger partial charge in [0, 0.05) is 6.42 Å². The van der Waals surface area contributed by atoms with Crippen LogP contribution in [0, 0.1) is 0 Å². The van der Waals surface area contributed by atoms with E-state index in [4.69, 9.17) is 38.6 Å². The Balaban J connectivity index is 0.00000588. The fourth-order valence-electron chi connectivity index (χ4n) is 4.21. The van der Waals surface area contributed by atoms with E-state index in [0.717, 1.165) is 0 Å². The van der Waals surface area contributed by atoms with E-state index in [1.54, 1.807) is 0 Å². The largest absolute Gasteiger partial charge is 1.00 e. The Morgan fingerprint density at radius 3 is 2.15 bits per heavy atom. The number of carboxylic acid groups (broad SMARTS) is 2. The molecular formula is C21H32NaO19+. The van der Waals surface area contributed by atoms with Crippen molar-refractivity contribution in [2.24, 2.45) is 0 Å². The van der Waals surface area contributed by atoms with Gasteiger partial charge in [-0.3, -0.25) is 0 Å². The summed E-state index contributed by atoms with van der Waals surface area (Å²) in [6, 6.07) is 0. The first-order valence-electron chi connectivity index (χ1n) is 11.9. The molecule has 0 radical (unpaired) electrons. The van der Waals surface area contributed by atoms with Gasteiger partial charge in [-0.15, -0.1) is 0 Å². The van der Waals surface area contributed by atoms with Gasteiger partial charge in [-0.25, -0.2) is 9.59 Å². The Labute approximate surface area is 252 Å². The van der Waals surface area contributed by atoms with Crippen molar-refractivity contribution in [3.63, 3.8) is 0 Å². The summed E-state index contributed by atoms with van der Waals surface area (Å²) in [5.74, 6) is -6.76. The third kappa shape index (κ3) is 8.10. The van der Waals surface area contributed by atoms with Crippen LogP contribution in [-0.4, -0.2) is 168 Å². The molecule has 0 saturated carbocycles. The van der Waals surface area contributed by atoms with Crippen molar-refractivity contribution < 1.29 is 124 Å². The quantitative estimate of drug-likeness (QED) is 0.0763. The Hall–Kier alpha value is -1.08. The predicted octanol–water partition coefficient (Wildman–Crippen LogP) is -9.50. The molecule has 3 aliphatic rings. The molecule has 0 aromatic heterocycles. The topological polar surface area (TPSA) is 312 Å². The Kier molecular flexibility index (Phi) is 13.3. The monoisotopic (exact) mass is 611 g/mol. The Morgan fingerprint density at radius 1 is 0.951 bits per heavy atom. The summed E-state index contributed by atoms with van der Waals surface area (Å²) in [7, 11) is 0. The number of aliphatic hydroxyl groups is 9. The van der Waals surface area contributed by atoms with Gasteiger partial charge in [0.1, 0.15) is 48.8 Å². The number of hydrogen-bond acceptors (Lipinski definition) is 17. The molecule has 0 aromatic rings. The molecule has 3 aliphatic heterocycles. The number of hydrogen-bond donors (Lipinski definition) is 11. The van der Waals surface area contributed by atoms with Crippen LogP contribution in [0.2, 0.25) is 0 Å². The first-order chi connectivity index (χ1) is 18.8. The van der Waals surface area contributed by atoms with Crippen molar-refractivity contribution in [2.45, 2.75) is 86.0 Å². The molecule has 20 heteroatoms. The van der Waals surface area contributed by atoms with Gasteiger partial charge in [0.2, 0.25) is 17.8 Å². The van der Waals surface area contributed by atoms with Crippen molar-refractivity contribution in [3.8, 4) is 0 Å². The van der Waals surface area contributed by atoms with Gasteiger partial charge in [0.05, 0.1) is 19.8 Å². The number of rotatable bonds is 11. The van der Waals surface area contributed by atoms with Crippen molar-refractivity contribution in [1.29, 1.82) is 0 Å². The predicted molar refractivity (Wildman–Crippen MR) is 117 cm³/mol. The van der Waals surface area contributed by atoms with Crippen LogP contribution in [0.3, 0.4) is 0 Å². The van der Waals surface area contributed by atoms with Crippen molar-refractivity contribution in [3.05, 3.63) is 11.8 Å². The van der Waals surface area contributed by atoms with Crippen LogP contribution in [0.4, 0.5) is 0 Å². The van der Waals surface area contributed by atoms with E-state index < -0.39 is 124 Å². The first kappa shape index (κ1) is 36.1. The number of ether oxygens (including phenoxy) is 6. The first-order valence-corrected chi connectivity index (χ1v) is 11.9. The van der Waals surface area contributed by atoms with E-state index in [0.29, 0.717) is 6.08 Å². The molecule has 0 spiro atoms. The van der Waals surface area contributed by atoms with Gasteiger partial charge in [-0.05, 0) is 6.08 Å². The third-order valence-electron chi connectivity index (χ3n) is 6.36. The molecule has 0 bridgehead atoms. The van der Waals surface area contributed by atoms with Gasteiger partial charge in [0.15, 0.2) is 18.7 Å². The standard InChI is InChI=1S/C21H32O19.Na/c22-3-9-13(28)15(14(29)19(36-9)37-10(4-23)17(32)33)39-18-7(26)2-21(34,11(5-24)38-18)40-20-12(27)6(25)1-8(35-20)16(30)31;/h1,6-7,9-15,18-20,22-29,34H,2-5H2,(H,30,31)(H,32,33);/q;+1/t6-,7+,9?,10-,11?,12+,13-,14+,15?,18?,19?,20?,21-;/m0./s1. The SMILES string of the molecule is O=C(O)C1=C[C@H](O)[C@@H](O)C(O[C@@]2(O)C[C@@H](O)C(OC3[C@@H](O)C(CO)OC(O[C@@H](CO)C(=O)O)[C@@H]3O)OC2CO)O1.[Na+]. The summed E-state index contributed by atoms with van der Waals surface area (Å²) in [5, 5.41) is 110. The van der Waals surface area contributed by atoms with Crippen molar-refractivity contribution in [2.75, 3.05) is 19.8 Å². The zero-order valence-corrected chi connectivity index (χ0v) is 23.5. The van der Waals surface area contributed by atoms with Crippen LogP contribution in [-0.2, 0) is 38.0 Å². The molecule has 41 heavy (non-hydrogen) atoms. The second-order valence-electron chi connectivity index (χ2n) is 9.17. The maximum atomic E-state index is 11.2. The zero-order valence-electron chi connectivity index (χ0n) is 21.5. The molecule has 0 aromatic carbocycles. The average molecular weight is 611 g/mol. The van der Waals surface area contributed by atoms with E-state index in [9.17, 15) is 55.5 Å². The number of aliphatic hydroxyl groups excluding tert-OH is 8. The maximum absolute atomic E-state index is 11.2. The van der Waals surface area contributed by atoms with Gasteiger partial charge in [-0.1, -0.05) is 0 Å². The summed E-state index contributed by atoms with van der Waals surface area (Å²) in [6.07, 6.45) is -22.2. The number of carboxylic acids is 2. The van der Waals surface area contributed by atoms with Gasteiger partial charge in [-0.2, -0.15) is 0 Å².